The van der Waals surface area contributed by atoms with Gasteiger partial charge in [0, 0.05) is 66.8 Å². The van der Waals surface area contributed by atoms with Crippen molar-refractivity contribution in [3.8, 4) is 22.4 Å². The van der Waals surface area contributed by atoms with Crippen molar-refractivity contribution in [2.75, 3.05) is 38.1 Å². The monoisotopic (exact) mass is 370 g/mol. The number of pyridine rings is 1. The number of nitrogens with one attached hydrogen (secondary N) is 1. The Balaban J connectivity index is 1.66. The average Bonchev–Trinajstić information content (AvgIpc) is 3.24. The zero-order valence-corrected chi connectivity index (χ0v) is 15.8. The number of rotatable bonds is 3. The van der Waals surface area contributed by atoms with E-state index in [1.54, 1.807) is 0 Å². The Morgan fingerprint density at radius 3 is 2.54 bits per heavy atom. The molecule has 0 saturated carbocycles. The second-order valence-electron chi connectivity index (χ2n) is 7.24. The summed E-state index contributed by atoms with van der Waals surface area (Å²) in [5.41, 5.74) is 5.27. The fourth-order valence-corrected chi connectivity index (χ4v) is 3.81. The Morgan fingerprint density at radius 1 is 0.893 bits per heavy atom. The third-order valence-electron chi connectivity index (χ3n) is 5.45. The highest BCUT2D eigenvalue weighted by atomic mass is 15.3. The van der Waals surface area contributed by atoms with Gasteiger partial charge in [-0.3, -0.25) is 4.98 Å². The number of anilines is 1. The van der Waals surface area contributed by atoms with Gasteiger partial charge in [0.2, 0.25) is 0 Å². The lowest BCUT2D eigenvalue weighted by Gasteiger charge is -2.33. The van der Waals surface area contributed by atoms with Crippen LogP contribution in [0, 0.1) is 0 Å². The smallest absolute Gasteiger partial charge is 0.151 e. The van der Waals surface area contributed by atoms with Crippen LogP contribution in [0.1, 0.15) is 0 Å². The maximum Gasteiger partial charge on any atom is 0.151 e. The second-order valence-corrected chi connectivity index (χ2v) is 7.24. The highest BCUT2D eigenvalue weighted by Gasteiger charge is 2.19. The largest absolute Gasteiger partial charge is 0.361 e. The number of hydrogen-bond acceptors (Lipinski definition) is 5. The molecule has 140 valence electrons. The lowest BCUT2D eigenvalue weighted by Crippen LogP contribution is -2.44. The molecule has 6 nitrogen and oxygen atoms in total. The summed E-state index contributed by atoms with van der Waals surface area (Å²) in [6.07, 6.45) is 5.62. The molecule has 0 unspecified atom stereocenters. The molecule has 0 radical (unpaired) electrons. The highest BCUT2D eigenvalue weighted by molar-refractivity contribution is 5.98. The van der Waals surface area contributed by atoms with Crippen LogP contribution in [0.25, 0.3) is 33.3 Å². The van der Waals surface area contributed by atoms with Gasteiger partial charge in [0.25, 0.3) is 0 Å². The maximum absolute atomic E-state index is 4.71. The van der Waals surface area contributed by atoms with E-state index in [-0.39, 0.29) is 0 Å². The van der Waals surface area contributed by atoms with Gasteiger partial charge < -0.3 is 14.8 Å². The normalized spacial score (nSPS) is 15.2. The molecule has 3 aromatic heterocycles. The number of piperazine rings is 1. The van der Waals surface area contributed by atoms with Crippen LogP contribution in [-0.4, -0.2) is 58.3 Å². The molecule has 1 aromatic carbocycles. The fourth-order valence-electron chi connectivity index (χ4n) is 3.81. The van der Waals surface area contributed by atoms with Gasteiger partial charge in [-0.05, 0) is 42.9 Å². The number of nitrogens with zero attached hydrogens (tertiary/aromatic N) is 5. The number of aromatic nitrogens is 4. The van der Waals surface area contributed by atoms with E-state index >= 15 is 0 Å². The Bertz CT molecular complexity index is 1100. The standard InChI is InChI=1S/C22H22N6/c1-27-11-13-28(14-12-27)21-15-19(16-5-8-23-9-6-16)22(26-25-21)18-3-2-4-20-17(18)7-10-24-20/h2-10,15,24H,11-14H2,1H3. The van der Waals surface area contributed by atoms with Crippen LogP contribution in [0.4, 0.5) is 5.82 Å². The molecule has 28 heavy (non-hydrogen) atoms. The molecule has 0 aliphatic carbocycles. The van der Waals surface area contributed by atoms with Crippen LogP contribution in [0.5, 0.6) is 0 Å². The Hall–Kier alpha value is -3.25. The molecule has 1 saturated heterocycles. The molecule has 4 heterocycles. The number of likely N-dealkylation sites (N-methyl/N-ethyl adjacent to an activating group) is 1. The quantitative estimate of drug-likeness (QED) is 0.599. The van der Waals surface area contributed by atoms with Gasteiger partial charge in [0.05, 0.1) is 0 Å². The Kier molecular flexibility index (Phi) is 4.25. The first kappa shape index (κ1) is 16.9. The molecule has 0 atom stereocenters. The van der Waals surface area contributed by atoms with Crippen molar-refractivity contribution in [1.29, 1.82) is 0 Å². The van der Waals surface area contributed by atoms with Gasteiger partial charge in [-0.1, -0.05) is 12.1 Å². The predicted octanol–water partition coefficient (Wildman–Crippen LogP) is 3.44. The van der Waals surface area contributed by atoms with E-state index in [0.717, 1.165) is 65.3 Å². The molecule has 6 heteroatoms. The second kappa shape index (κ2) is 7.05. The molecule has 1 N–H and O–H groups in total. The van der Waals surface area contributed by atoms with E-state index in [9.17, 15) is 0 Å². The topological polar surface area (TPSA) is 60.9 Å². The van der Waals surface area contributed by atoms with Crippen LogP contribution >= 0.6 is 0 Å². The zero-order chi connectivity index (χ0) is 18.9. The number of hydrogen-bond donors (Lipinski definition) is 1. The number of benzene rings is 1. The minimum absolute atomic E-state index is 0.897. The van der Waals surface area contributed by atoms with Gasteiger partial charge >= 0.3 is 0 Å². The zero-order valence-electron chi connectivity index (χ0n) is 15.8. The summed E-state index contributed by atoms with van der Waals surface area (Å²) in [6.45, 7) is 4.01. The van der Waals surface area contributed by atoms with E-state index in [2.05, 4.69) is 62.2 Å². The van der Waals surface area contributed by atoms with E-state index in [0.29, 0.717) is 0 Å². The predicted molar refractivity (Wildman–Crippen MR) is 112 cm³/mol. The van der Waals surface area contributed by atoms with Gasteiger partial charge in [-0.15, -0.1) is 10.2 Å². The number of H-pyrrole nitrogens is 1. The number of aromatic amines is 1. The molecule has 1 aliphatic rings. The molecule has 1 aliphatic heterocycles. The van der Waals surface area contributed by atoms with Crippen molar-refractivity contribution >= 4 is 16.7 Å². The van der Waals surface area contributed by atoms with E-state index in [1.807, 2.05) is 30.7 Å². The Morgan fingerprint density at radius 2 is 1.71 bits per heavy atom. The summed E-state index contributed by atoms with van der Waals surface area (Å²) in [5.74, 6) is 0.935. The summed E-state index contributed by atoms with van der Waals surface area (Å²) in [7, 11) is 2.16. The summed E-state index contributed by atoms with van der Waals surface area (Å²) in [6, 6.07) is 14.6. The van der Waals surface area contributed by atoms with Crippen molar-refractivity contribution in [3.05, 3.63) is 61.1 Å². The van der Waals surface area contributed by atoms with Crippen molar-refractivity contribution in [2.45, 2.75) is 0 Å². The van der Waals surface area contributed by atoms with Gasteiger partial charge in [-0.2, -0.15) is 0 Å². The van der Waals surface area contributed by atoms with Crippen LogP contribution < -0.4 is 4.90 Å². The first-order valence-corrected chi connectivity index (χ1v) is 9.58. The lowest BCUT2D eigenvalue weighted by atomic mass is 9.98. The summed E-state index contributed by atoms with van der Waals surface area (Å²) >= 11 is 0. The molecule has 5 rings (SSSR count). The third kappa shape index (κ3) is 3.01. The minimum Gasteiger partial charge on any atom is -0.361 e. The van der Waals surface area contributed by atoms with Crippen LogP contribution in [0.2, 0.25) is 0 Å². The SMILES string of the molecule is CN1CCN(c2cc(-c3ccncc3)c(-c3cccc4[nH]ccc34)nn2)CC1. The van der Waals surface area contributed by atoms with Crippen molar-refractivity contribution in [1.82, 2.24) is 25.1 Å². The Labute approximate surface area is 163 Å². The molecular weight excluding hydrogens is 348 g/mol. The highest BCUT2D eigenvalue weighted by Crippen LogP contribution is 2.35. The third-order valence-corrected chi connectivity index (χ3v) is 5.45. The van der Waals surface area contributed by atoms with E-state index in [4.69, 9.17) is 5.10 Å². The lowest BCUT2D eigenvalue weighted by molar-refractivity contribution is 0.312. The van der Waals surface area contributed by atoms with Gasteiger partial charge in [-0.25, -0.2) is 0 Å². The first-order valence-electron chi connectivity index (χ1n) is 9.58. The molecule has 0 spiro atoms. The molecule has 1 fully saturated rings. The minimum atomic E-state index is 0.897. The van der Waals surface area contributed by atoms with Crippen molar-refractivity contribution in [3.63, 3.8) is 0 Å². The molecule has 0 bridgehead atoms. The average molecular weight is 370 g/mol. The number of fused-ring (bicyclic) bond motifs is 1. The van der Waals surface area contributed by atoms with Crippen LogP contribution in [-0.2, 0) is 0 Å². The van der Waals surface area contributed by atoms with Gasteiger partial charge in [0.15, 0.2) is 5.82 Å². The molecular formula is C22H22N6. The maximum atomic E-state index is 4.71. The van der Waals surface area contributed by atoms with Crippen molar-refractivity contribution < 1.29 is 0 Å². The van der Waals surface area contributed by atoms with E-state index in [1.165, 1.54) is 0 Å². The molecule has 0 amide bonds. The van der Waals surface area contributed by atoms with E-state index < -0.39 is 0 Å². The van der Waals surface area contributed by atoms with Crippen LogP contribution in [0.3, 0.4) is 0 Å². The fraction of sp³-hybridized carbons (Fsp3) is 0.227. The van der Waals surface area contributed by atoms with Crippen molar-refractivity contribution in [2.24, 2.45) is 0 Å². The molecule has 4 aromatic rings. The summed E-state index contributed by atoms with van der Waals surface area (Å²) < 4.78 is 0. The van der Waals surface area contributed by atoms with Crippen LogP contribution in [0.15, 0.2) is 61.1 Å². The van der Waals surface area contributed by atoms with Gasteiger partial charge in [0.1, 0.15) is 5.69 Å². The summed E-state index contributed by atoms with van der Waals surface area (Å²) in [4.78, 5) is 12.1. The first-order chi connectivity index (χ1) is 13.8. The summed E-state index contributed by atoms with van der Waals surface area (Å²) in [5, 5.41) is 10.5.